The molecule has 4 N–H and O–H groups in total. The number of fused-ring (bicyclic) bond motifs is 6. The van der Waals surface area contributed by atoms with Gasteiger partial charge in [-0.15, -0.1) is 0 Å². The van der Waals surface area contributed by atoms with E-state index in [1.807, 2.05) is 182 Å². The lowest BCUT2D eigenvalue weighted by atomic mass is 9.90. The second kappa shape index (κ2) is 34.4. The number of rotatable bonds is 17. The van der Waals surface area contributed by atoms with Crippen molar-refractivity contribution < 1.29 is 69.7 Å². The largest absolute Gasteiger partial charge is 0.497 e. The van der Waals surface area contributed by atoms with Crippen molar-refractivity contribution in [3.8, 4) is 45.5 Å². The summed E-state index contributed by atoms with van der Waals surface area (Å²) < 4.78 is 73.0. The number of aliphatic carboxylic acids is 1. The summed E-state index contributed by atoms with van der Waals surface area (Å²) in [5, 5.41) is 16.7. The van der Waals surface area contributed by atoms with Crippen LogP contribution in [0.5, 0.6) is 23.0 Å². The molecule has 0 radical (unpaired) electrons. The molecule has 4 aliphatic heterocycles. The third-order valence-corrected chi connectivity index (χ3v) is 29.0. The molecule has 6 aromatic carbocycles. The zero-order chi connectivity index (χ0) is 80.9. The minimum atomic E-state index is -3.92. The molecule has 2 aromatic heterocycles. The summed E-state index contributed by atoms with van der Waals surface area (Å²) in [6.07, 6.45) is 20.4. The summed E-state index contributed by atoms with van der Waals surface area (Å²) in [6, 6.07) is 53.2. The Morgan fingerprint density at radius 1 is 0.530 bits per heavy atom. The number of carbonyl (C=O) groups is 6. The molecule has 21 nitrogen and oxygen atoms in total. The van der Waals surface area contributed by atoms with Crippen LogP contribution < -0.4 is 28.8 Å². The van der Waals surface area contributed by atoms with Gasteiger partial charge in [-0.05, 0) is 151 Å². The van der Waals surface area contributed by atoms with Crippen LogP contribution in [0, 0.1) is 34.5 Å². The molecule has 115 heavy (non-hydrogen) atoms. The highest BCUT2D eigenvalue weighted by Gasteiger charge is 2.64. The first-order valence-electron chi connectivity index (χ1n) is 40.6. The quantitative estimate of drug-likeness (QED) is 0.0714. The number of sulfonamides is 2. The highest BCUT2D eigenvalue weighted by Crippen LogP contribution is 2.59. The summed E-state index contributed by atoms with van der Waals surface area (Å²) in [6.45, 7) is 3.74. The number of ether oxygens (including phenoxy) is 4. The van der Waals surface area contributed by atoms with Gasteiger partial charge in [-0.25, -0.2) is 31.9 Å². The Labute approximate surface area is 674 Å². The Morgan fingerprint density at radius 3 is 1.34 bits per heavy atom. The van der Waals surface area contributed by atoms with Crippen molar-refractivity contribution in [1.82, 2.24) is 24.5 Å². The molecule has 23 heteroatoms. The molecule has 8 aliphatic rings. The predicted molar refractivity (Wildman–Crippen MR) is 442 cm³/mol. The molecule has 0 unspecified atom stereocenters. The van der Waals surface area contributed by atoms with Gasteiger partial charge in [-0.2, -0.15) is 0 Å². The summed E-state index contributed by atoms with van der Waals surface area (Å²) in [4.78, 5) is 98.4. The zero-order valence-corrected chi connectivity index (χ0v) is 67.5. The summed E-state index contributed by atoms with van der Waals surface area (Å²) in [5.74, 6) is -0.744. The van der Waals surface area contributed by atoms with Gasteiger partial charge in [0.2, 0.25) is 37.8 Å². The second-order valence-corrected chi connectivity index (χ2v) is 37.6. The Kier molecular flexibility index (Phi) is 24.4. The number of carboxylic acids is 1. The lowest BCUT2D eigenvalue weighted by molar-refractivity contribution is -0.147. The molecule has 604 valence electrons. The van der Waals surface area contributed by atoms with Gasteiger partial charge in [0, 0.05) is 83.7 Å². The fourth-order valence-electron chi connectivity index (χ4n) is 17.0. The minimum absolute atomic E-state index is 0.0580. The van der Waals surface area contributed by atoms with Crippen molar-refractivity contribution in [2.45, 2.75) is 189 Å². The van der Waals surface area contributed by atoms with E-state index in [2.05, 4.69) is 16.9 Å². The normalized spacial score (nSPS) is 26.4. The van der Waals surface area contributed by atoms with E-state index in [1.54, 1.807) is 37.9 Å². The number of benzene rings is 6. The monoisotopic (exact) mass is 1600 g/mol. The number of pyridine rings is 2. The maximum Gasteiger partial charge on any atom is 0.310 e. The number of primary sulfonamides is 1. The first-order valence-corrected chi connectivity index (χ1v) is 43.6. The first-order chi connectivity index (χ1) is 55.3. The number of hydrogen-bond donors (Lipinski definition) is 3. The molecule has 0 spiro atoms. The van der Waals surface area contributed by atoms with E-state index in [0.717, 1.165) is 109 Å². The number of ketones is 2. The Morgan fingerprint density at radius 2 is 0.939 bits per heavy atom. The molecular weight excluding hydrogens is 1490 g/mol. The Hall–Kier alpha value is -10.1. The van der Waals surface area contributed by atoms with Crippen LogP contribution in [0.2, 0.25) is 0 Å². The van der Waals surface area contributed by atoms with Gasteiger partial charge in [-0.1, -0.05) is 171 Å². The van der Waals surface area contributed by atoms with Crippen LogP contribution in [0.4, 0.5) is 0 Å². The van der Waals surface area contributed by atoms with Gasteiger partial charge in [0.15, 0.2) is 11.6 Å². The number of hydrogen-bond acceptors (Lipinski definition) is 16. The third-order valence-electron chi connectivity index (χ3n) is 25.0. The smallest absolute Gasteiger partial charge is 0.310 e. The molecule has 0 bridgehead atoms. The van der Waals surface area contributed by atoms with E-state index in [-0.39, 0.29) is 79.4 Å². The molecule has 4 aliphatic carbocycles. The van der Waals surface area contributed by atoms with Crippen LogP contribution in [-0.4, -0.2) is 138 Å². The van der Waals surface area contributed by atoms with Crippen LogP contribution in [0.1, 0.15) is 153 Å². The molecule has 2 saturated heterocycles. The topological polar surface area (TPSA) is 298 Å². The summed E-state index contributed by atoms with van der Waals surface area (Å²) in [7, 11) is -3.92. The lowest BCUT2D eigenvalue weighted by Crippen LogP contribution is -2.47. The zero-order valence-electron chi connectivity index (χ0n) is 65.9. The predicted octanol–water partition coefficient (Wildman–Crippen LogP) is 15.1. The van der Waals surface area contributed by atoms with Crippen molar-refractivity contribution in [3.63, 3.8) is 0 Å². The molecular formula is C92H104N6O15S2. The van der Waals surface area contributed by atoms with Crippen LogP contribution in [0.15, 0.2) is 194 Å². The molecule has 6 fully saturated rings. The Bertz CT molecular complexity index is 5220. The van der Waals surface area contributed by atoms with Crippen LogP contribution >= 0.6 is 0 Å². The molecule has 10 atom stereocenters. The van der Waals surface area contributed by atoms with Gasteiger partial charge in [0.25, 0.3) is 0 Å². The molecule has 3 amide bonds. The minimum Gasteiger partial charge on any atom is -0.497 e. The van der Waals surface area contributed by atoms with E-state index in [9.17, 15) is 50.7 Å². The average Bonchev–Trinajstić information content (AvgIpc) is 1.57. The van der Waals surface area contributed by atoms with Gasteiger partial charge in [0.05, 0.1) is 82.1 Å². The van der Waals surface area contributed by atoms with Crippen molar-refractivity contribution in [1.29, 1.82) is 0 Å². The number of aromatic nitrogens is 2. The van der Waals surface area contributed by atoms with Crippen molar-refractivity contribution in [2.75, 3.05) is 27.3 Å². The van der Waals surface area contributed by atoms with Gasteiger partial charge in [0.1, 0.15) is 35.2 Å². The number of methoxy groups -OCH3 is 2. The maximum atomic E-state index is 14.9. The van der Waals surface area contributed by atoms with E-state index >= 15 is 0 Å². The molecule has 8 aromatic rings. The van der Waals surface area contributed by atoms with Gasteiger partial charge < -0.3 is 33.9 Å². The molecule has 16 rings (SSSR count). The number of carboxylic acid groups (broad SMARTS) is 1. The number of carbonyl (C=O) groups excluding carboxylic acids is 5. The van der Waals surface area contributed by atoms with E-state index in [1.165, 1.54) is 0 Å². The van der Waals surface area contributed by atoms with Crippen molar-refractivity contribution >= 4 is 77.1 Å². The third kappa shape index (κ3) is 18.6. The number of nitrogens with two attached hydrogens (primary N) is 1. The lowest BCUT2D eigenvalue weighted by Gasteiger charge is -2.29. The fourth-order valence-corrected chi connectivity index (χ4v) is 19.0. The summed E-state index contributed by atoms with van der Waals surface area (Å²) in [5.41, 5.74) is 4.51. The second-order valence-electron chi connectivity index (χ2n) is 33.3. The first kappa shape index (κ1) is 81.5. The number of Topliss-reactive ketones (excluding diaryl/α,β-unsaturated/α-hetero) is 2. The highest BCUT2D eigenvalue weighted by molar-refractivity contribution is 7.91. The number of nitrogens with one attached hydrogen (secondary N) is 1. The van der Waals surface area contributed by atoms with Crippen molar-refractivity contribution in [2.24, 2.45) is 39.6 Å². The van der Waals surface area contributed by atoms with Crippen LogP contribution in [-0.2, 0) is 61.7 Å². The number of amides is 3. The van der Waals surface area contributed by atoms with Gasteiger partial charge in [-0.3, -0.25) is 33.5 Å². The number of allylic oxidation sites excluding steroid dienone is 4. The fraction of sp³-hybridized carbons (Fsp3) is 0.435. The average molecular weight is 1600 g/mol. The standard InChI is InChI=1S/C46H51N3O7S.C42H44N2O6.C4H9NO2S/c1-45(22-23-45)57(53,54)48-44(52)46-28-34(46)19-13-5-3-4-10-18-33(24-31-14-8-6-9-15-31)43(51)49-30-36(26-40(49)41(50)29-46)56-42-27-38(32-16-11-7-12-17-32)47-39-25-35(55-2)20-21-37(39)42;1-49-32-19-20-34-36(22-32)43-35(29-15-10-6-11-16-29)24-39(34)50-33-23-37-38(45)26-42(41(47)48)25-31(42)18-12-4-2-3-9-17-30(40(46)44(37)27-33)21-28-13-7-5-8-14-28;1-4(2-3-4)8(5,6)7/h6-9,11-17,19-21,25,27,33-34,36,40H,3-5,10,18,22-24,26,28-30H2,1-2H3,(H,48,52);5-8,10-16,18-20,22,24,30-31,33,37H,2-4,9,17,21,23,25-27H2,1H3,(H,47,48);2-3H2,1H3,(H2,5,6,7)/b19-13-;18-12-;/t33-,34-,36-,40+,46-;30-,31-,33-,37+,42-;/m11./s1. The van der Waals surface area contributed by atoms with Crippen molar-refractivity contribution in [3.05, 3.63) is 205 Å². The van der Waals surface area contributed by atoms with Crippen LogP contribution in [0.25, 0.3) is 44.3 Å². The molecule has 4 saturated carbocycles. The van der Waals surface area contributed by atoms with Gasteiger partial charge >= 0.3 is 5.97 Å². The molecule has 6 heterocycles. The summed E-state index contributed by atoms with van der Waals surface area (Å²) >= 11 is 0. The number of nitrogens with zero attached hydrogens (tertiary/aromatic N) is 4. The van der Waals surface area contributed by atoms with E-state index in [4.69, 9.17) is 34.1 Å². The van der Waals surface area contributed by atoms with E-state index in [0.29, 0.717) is 91.1 Å². The Balaban J connectivity index is 0.000000174. The van der Waals surface area contributed by atoms with Crippen LogP contribution in [0.3, 0.4) is 0 Å². The highest BCUT2D eigenvalue weighted by atomic mass is 32.2. The SMILES string of the molecule is CC1(S(N)(=O)=O)CC1.COc1ccc2c(O[C@@H]3C[C@H]4C(=O)C[C@]5(C(=O)NS(=O)(=O)C6(C)CC6)C[C@H]5/C=C\CCCCC[C@H](Cc5ccccc5)C(=O)N4C3)cc(-c3ccccc3)nc2c1.COc1ccc2c(O[C@@H]3C[C@H]4C(=O)C[C@]5(C(=O)O)C[C@H]5/C=C\CCCCC[C@H](Cc5ccccc5)C(=O)N4C3)cc(-c3ccccc3)nc2c1. The maximum absolute atomic E-state index is 14.9. The van der Waals surface area contributed by atoms with E-state index < -0.39 is 76.5 Å².